The van der Waals surface area contributed by atoms with E-state index in [1.54, 1.807) is 13.0 Å². The van der Waals surface area contributed by atoms with Gasteiger partial charge in [0, 0.05) is 5.56 Å². The maximum absolute atomic E-state index is 11.4. The van der Waals surface area contributed by atoms with Crippen LogP contribution in [0, 0.1) is 13.8 Å². The van der Waals surface area contributed by atoms with Crippen LogP contribution < -0.4 is 16.0 Å². The van der Waals surface area contributed by atoms with Gasteiger partial charge in [-0.25, -0.2) is 5.84 Å². The molecule has 0 aliphatic heterocycles. The molecule has 5 heteroatoms. The van der Waals surface area contributed by atoms with Gasteiger partial charge in [-0.2, -0.15) is 0 Å². The molecule has 5 nitrogen and oxygen atoms in total. The van der Waals surface area contributed by atoms with E-state index in [1.807, 2.05) is 36.6 Å². The van der Waals surface area contributed by atoms with Gasteiger partial charge in [-0.3, -0.25) is 10.2 Å². The molecular formula is C14H16N2O3. The summed E-state index contributed by atoms with van der Waals surface area (Å²) < 4.78 is 11.0. The number of ether oxygens (including phenoxy) is 1. The van der Waals surface area contributed by atoms with Gasteiger partial charge in [-0.1, -0.05) is 12.1 Å². The van der Waals surface area contributed by atoms with Crippen LogP contribution in [0.4, 0.5) is 0 Å². The molecule has 0 spiro atoms. The predicted molar refractivity (Wildman–Crippen MR) is 70.6 cm³/mol. The largest absolute Gasteiger partial charge is 0.486 e. The summed E-state index contributed by atoms with van der Waals surface area (Å²) in [6.45, 7) is 4.04. The van der Waals surface area contributed by atoms with Crippen LogP contribution in [-0.2, 0) is 6.61 Å². The summed E-state index contributed by atoms with van der Waals surface area (Å²) in [5.74, 6) is 6.19. The molecule has 0 fully saturated rings. The van der Waals surface area contributed by atoms with Crippen LogP contribution in [0.2, 0.25) is 0 Å². The monoisotopic (exact) mass is 260 g/mol. The Morgan fingerprint density at radius 3 is 2.84 bits per heavy atom. The van der Waals surface area contributed by atoms with Crippen LogP contribution in [0.15, 0.2) is 34.7 Å². The average Bonchev–Trinajstić information content (AvgIpc) is 2.77. The molecule has 1 aromatic heterocycles. The number of benzene rings is 1. The van der Waals surface area contributed by atoms with Crippen molar-refractivity contribution < 1.29 is 13.9 Å². The Morgan fingerprint density at radius 1 is 1.37 bits per heavy atom. The zero-order valence-corrected chi connectivity index (χ0v) is 10.9. The van der Waals surface area contributed by atoms with E-state index >= 15 is 0 Å². The number of amides is 1. The van der Waals surface area contributed by atoms with Gasteiger partial charge in [0.2, 0.25) is 0 Å². The molecule has 0 saturated carbocycles. The first-order valence-electron chi connectivity index (χ1n) is 5.90. The number of hydrogen-bond acceptors (Lipinski definition) is 4. The SMILES string of the molecule is Cc1cccc(OCc2cc(C)c(C(=O)NN)o2)c1. The minimum atomic E-state index is -0.445. The van der Waals surface area contributed by atoms with Gasteiger partial charge in [0.1, 0.15) is 18.1 Å². The average molecular weight is 260 g/mol. The fourth-order valence-corrected chi connectivity index (χ4v) is 1.77. The fourth-order valence-electron chi connectivity index (χ4n) is 1.77. The highest BCUT2D eigenvalue weighted by molar-refractivity contribution is 5.92. The first kappa shape index (κ1) is 13.2. The van der Waals surface area contributed by atoms with Crippen molar-refractivity contribution in [1.29, 1.82) is 0 Å². The molecule has 2 aromatic rings. The molecule has 19 heavy (non-hydrogen) atoms. The van der Waals surface area contributed by atoms with E-state index in [2.05, 4.69) is 0 Å². The van der Waals surface area contributed by atoms with Crippen LogP contribution in [0.25, 0.3) is 0 Å². The second-order valence-corrected chi connectivity index (χ2v) is 4.30. The predicted octanol–water partition coefficient (Wildman–Crippen LogP) is 2.08. The van der Waals surface area contributed by atoms with Crippen LogP contribution in [0.5, 0.6) is 5.75 Å². The minimum Gasteiger partial charge on any atom is -0.486 e. The number of nitrogens with two attached hydrogens (primary N) is 1. The highest BCUT2D eigenvalue weighted by Crippen LogP contribution is 2.18. The molecule has 1 heterocycles. The topological polar surface area (TPSA) is 77.5 Å². The van der Waals surface area contributed by atoms with E-state index in [0.29, 0.717) is 5.76 Å². The molecule has 0 atom stereocenters. The van der Waals surface area contributed by atoms with E-state index in [4.69, 9.17) is 15.0 Å². The zero-order valence-electron chi connectivity index (χ0n) is 10.9. The van der Waals surface area contributed by atoms with Crippen molar-refractivity contribution in [3.8, 4) is 5.75 Å². The molecule has 0 radical (unpaired) electrons. The third-order valence-corrected chi connectivity index (χ3v) is 2.68. The van der Waals surface area contributed by atoms with E-state index < -0.39 is 5.91 Å². The second kappa shape index (κ2) is 5.58. The summed E-state index contributed by atoms with van der Waals surface area (Å²) in [6, 6.07) is 9.49. The quantitative estimate of drug-likeness (QED) is 0.501. The van der Waals surface area contributed by atoms with Gasteiger partial charge >= 0.3 is 5.91 Å². The van der Waals surface area contributed by atoms with Crippen molar-refractivity contribution in [2.45, 2.75) is 20.5 Å². The fraction of sp³-hybridized carbons (Fsp3) is 0.214. The summed E-state index contributed by atoms with van der Waals surface area (Å²) in [4.78, 5) is 11.4. The lowest BCUT2D eigenvalue weighted by molar-refractivity contribution is 0.0921. The Labute approximate surface area is 111 Å². The summed E-state index contributed by atoms with van der Waals surface area (Å²) in [6.07, 6.45) is 0. The van der Waals surface area contributed by atoms with Gasteiger partial charge in [-0.05, 0) is 37.6 Å². The van der Waals surface area contributed by atoms with Crippen LogP contribution in [0.1, 0.15) is 27.4 Å². The summed E-state index contributed by atoms with van der Waals surface area (Å²) in [7, 11) is 0. The van der Waals surface area contributed by atoms with Crippen LogP contribution >= 0.6 is 0 Å². The van der Waals surface area contributed by atoms with Gasteiger partial charge in [0.15, 0.2) is 5.76 Å². The third-order valence-electron chi connectivity index (χ3n) is 2.68. The second-order valence-electron chi connectivity index (χ2n) is 4.30. The standard InChI is InChI=1S/C14H16N2O3/c1-9-4-3-5-11(6-9)18-8-12-7-10(2)13(19-12)14(17)16-15/h3-7H,8,15H2,1-2H3,(H,16,17). The number of hydrogen-bond donors (Lipinski definition) is 2. The molecule has 0 saturated heterocycles. The van der Waals surface area contributed by atoms with Crippen LogP contribution in [0.3, 0.4) is 0 Å². The van der Waals surface area contributed by atoms with Crippen molar-refractivity contribution >= 4 is 5.91 Å². The van der Waals surface area contributed by atoms with E-state index in [1.165, 1.54) is 0 Å². The Hall–Kier alpha value is -2.27. The third kappa shape index (κ3) is 3.14. The molecule has 0 unspecified atom stereocenters. The molecule has 1 aromatic carbocycles. The van der Waals surface area contributed by atoms with Gasteiger partial charge in [0.05, 0.1) is 0 Å². The number of hydrazine groups is 1. The highest BCUT2D eigenvalue weighted by atomic mass is 16.5. The number of carbonyl (C=O) groups excluding carboxylic acids is 1. The van der Waals surface area contributed by atoms with Gasteiger partial charge in [-0.15, -0.1) is 0 Å². The number of rotatable bonds is 4. The lowest BCUT2D eigenvalue weighted by Gasteiger charge is -2.04. The van der Waals surface area contributed by atoms with Crippen molar-refractivity contribution in [1.82, 2.24) is 5.43 Å². The molecule has 3 N–H and O–H groups in total. The molecule has 0 aliphatic rings. The molecule has 0 bridgehead atoms. The summed E-state index contributed by atoms with van der Waals surface area (Å²) in [5, 5.41) is 0. The normalized spacial score (nSPS) is 10.3. The van der Waals surface area contributed by atoms with Crippen LogP contribution in [-0.4, -0.2) is 5.91 Å². The summed E-state index contributed by atoms with van der Waals surface area (Å²) in [5.41, 5.74) is 3.89. The Morgan fingerprint density at radius 2 is 2.16 bits per heavy atom. The number of furan rings is 1. The summed E-state index contributed by atoms with van der Waals surface area (Å²) >= 11 is 0. The van der Waals surface area contributed by atoms with Crippen molar-refractivity contribution in [3.63, 3.8) is 0 Å². The zero-order chi connectivity index (χ0) is 13.8. The van der Waals surface area contributed by atoms with Gasteiger partial charge in [0.25, 0.3) is 0 Å². The number of nitrogens with one attached hydrogen (secondary N) is 1. The maximum Gasteiger partial charge on any atom is 0.301 e. The minimum absolute atomic E-state index is 0.213. The Bertz CT molecular complexity index is 590. The van der Waals surface area contributed by atoms with Gasteiger partial charge < -0.3 is 9.15 Å². The lowest BCUT2D eigenvalue weighted by atomic mass is 10.2. The number of nitrogen functional groups attached to an aromatic ring is 1. The van der Waals surface area contributed by atoms with Crippen molar-refractivity contribution in [3.05, 3.63) is 53.0 Å². The Kier molecular flexibility index (Phi) is 3.87. The smallest absolute Gasteiger partial charge is 0.301 e. The number of aryl methyl sites for hydroxylation is 2. The lowest BCUT2D eigenvalue weighted by Crippen LogP contribution is -2.30. The first-order valence-corrected chi connectivity index (χ1v) is 5.90. The first-order chi connectivity index (χ1) is 9.10. The van der Waals surface area contributed by atoms with Crippen molar-refractivity contribution in [2.75, 3.05) is 0 Å². The molecule has 1 amide bonds. The van der Waals surface area contributed by atoms with E-state index in [9.17, 15) is 4.79 Å². The van der Waals surface area contributed by atoms with Crippen molar-refractivity contribution in [2.24, 2.45) is 5.84 Å². The van der Waals surface area contributed by atoms with E-state index in [-0.39, 0.29) is 12.4 Å². The molecular weight excluding hydrogens is 244 g/mol. The van der Waals surface area contributed by atoms with E-state index in [0.717, 1.165) is 16.9 Å². The Balaban J connectivity index is 2.06. The maximum atomic E-state index is 11.4. The highest BCUT2D eigenvalue weighted by Gasteiger charge is 2.14. The molecule has 100 valence electrons. The molecule has 2 rings (SSSR count). The number of carbonyl (C=O) groups is 1. The molecule has 0 aliphatic carbocycles.